The summed E-state index contributed by atoms with van der Waals surface area (Å²) in [5, 5.41) is 8.43. The monoisotopic (exact) mass is 385 g/mol. The summed E-state index contributed by atoms with van der Waals surface area (Å²) in [5.41, 5.74) is 2.66. The molecule has 11 heteroatoms. The molecule has 0 aliphatic carbocycles. The van der Waals surface area contributed by atoms with Gasteiger partial charge >= 0.3 is 18.6 Å². The Bertz CT molecular complexity index is 675. The van der Waals surface area contributed by atoms with Crippen LogP contribution in [0.4, 0.5) is 18.9 Å². The van der Waals surface area contributed by atoms with Gasteiger partial charge in [0.2, 0.25) is 0 Å². The molecule has 1 aromatic carbocycles. The van der Waals surface area contributed by atoms with E-state index in [9.17, 15) is 18.0 Å². The average Bonchev–Trinajstić information content (AvgIpc) is 2.81. The third-order valence-corrected chi connectivity index (χ3v) is 3.72. The Balaban J connectivity index is 2.36. The van der Waals surface area contributed by atoms with Crippen LogP contribution in [0.3, 0.4) is 0 Å². The number of hydrogen-bond acceptors (Lipinski definition) is 5. The highest BCUT2D eigenvalue weighted by Gasteiger charge is 2.30. The first-order valence-electron chi connectivity index (χ1n) is 6.62. The molecule has 1 aliphatic heterocycles. The lowest BCUT2D eigenvalue weighted by Gasteiger charge is -2.22. The molecule has 0 radical (unpaired) electrons. The number of ether oxygens (including phenoxy) is 1. The van der Waals surface area contributed by atoms with Crippen LogP contribution in [-0.2, 0) is 16.0 Å². The number of carbonyl (C=O) groups is 1. The summed E-state index contributed by atoms with van der Waals surface area (Å²) >= 11 is 11.6. The van der Waals surface area contributed by atoms with Crippen LogP contribution in [0.25, 0.3) is 0 Å². The van der Waals surface area contributed by atoms with Crippen LogP contribution >= 0.6 is 23.2 Å². The minimum atomic E-state index is -3.15. The minimum absolute atomic E-state index is 0.0383. The predicted molar refractivity (Wildman–Crippen MR) is 82.0 cm³/mol. The molecule has 0 aromatic heterocycles. The van der Waals surface area contributed by atoms with E-state index in [1.54, 1.807) is 6.92 Å². The maximum absolute atomic E-state index is 14.2. The Hall–Kier alpha value is -1.71. The molecule has 0 saturated heterocycles. The van der Waals surface area contributed by atoms with Crippen molar-refractivity contribution in [2.75, 3.05) is 5.01 Å². The van der Waals surface area contributed by atoms with Gasteiger partial charge in [-0.3, -0.25) is 4.79 Å². The second-order valence-corrected chi connectivity index (χ2v) is 5.77. The molecule has 2 atom stereocenters. The Morgan fingerprint density at radius 2 is 2.21 bits per heavy atom. The molecule has 0 saturated carbocycles. The molecule has 1 aromatic rings. The highest BCUT2D eigenvalue weighted by atomic mass is 35.5. The van der Waals surface area contributed by atoms with Crippen LogP contribution in [0.1, 0.15) is 12.5 Å². The average molecular weight is 386 g/mol. The van der Waals surface area contributed by atoms with Gasteiger partial charge in [0, 0.05) is 11.4 Å². The van der Waals surface area contributed by atoms with Crippen LogP contribution in [0.15, 0.2) is 17.1 Å². The molecule has 0 fully saturated rings. The summed E-state index contributed by atoms with van der Waals surface area (Å²) in [6.07, 6.45) is -0.814. The Labute approximate surface area is 144 Å². The number of nitrogens with one attached hydrogen (secondary N) is 1. The molecule has 0 bridgehead atoms. The summed E-state index contributed by atoms with van der Waals surface area (Å²) in [7, 11) is 0. The van der Waals surface area contributed by atoms with Crippen LogP contribution in [0.2, 0.25) is 5.02 Å². The fourth-order valence-corrected chi connectivity index (χ4v) is 2.41. The van der Waals surface area contributed by atoms with Gasteiger partial charge in [0.25, 0.3) is 0 Å². The normalized spacial score (nSPS) is 18.7. The maximum atomic E-state index is 14.2. The fourth-order valence-electron chi connectivity index (χ4n) is 2.02. The van der Waals surface area contributed by atoms with Gasteiger partial charge < -0.3 is 9.84 Å². The number of carboxylic acids is 1. The zero-order chi connectivity index (χ0) is 18.0. The Morgan fingerprint density at radius 1 is 1.54 bits per heavy atom. The summed E-state index contributed by atoms with van der Waals surface area (Å²) in [6.45, 7) is -1.60. The van der Waals surface area contributed by atoms with Crippen molar-refractivity contribution in [3.8, 4) is 0 Å². The zero-order valence-electron chi connectivity index (χ0n) is 12.1. The van der Waals surface area contributed by atoms with Crippen molar-refractivity contribution in [1.82, 2.24) is 5.43 Å². The second kappa shape index (κ2) is 7.45. The standard InChI is InChI=1S/C13H12Cl2F3N3O3/c1-5-19-13(24-12(17)18)21(20-5)10-3-6(2-8(15)11(22)23)7(14)4-9(10)16/h3-5,8,12,20H,2H2,1H3,(H,22,23). The largest absolute Gasteiger partial charge is 0.480 e. The quantitative estimate of drug-likeness (QED) is 0.762. The third kappa shape index (κ3) is 4.22. The minimum Gasteiger partial charge on any atom is -0.480 e. The van der Waals surface area contributed by atoms with E-state index >= 15 is 0 Å². The van der Waals surface area contributed by atoms with E-state index in [0.717, 1.165) is 11.1 Å². The summed E-state index contributed by atoms with van der Waals surface area (Å²) in [4.78, 5) is 14.6. The lowest BCUT2D eigenvalue weighted by Crippen LogP contribution is -2.42. The topological polar surface area (TPSA) is 74.2 Å². The van der Waals surface area contributed by atoms with Crippen molar-refractivity contribution >= 4 is 40.9 Å². The lowest BCUT2D eigenvalue weighted by atomic mass is 10.1. The van der Waals surface area contributed by atoms with E-state index in [1.165, 1.54) is 6.07 Å². The van der Waals surface area contributed by atoms with Crippen LogP contribution < -0.4 is 10.4 Å². The van der Waals surface area contributed by atoms with Crippen LogP contribution in [-0.4, -0.2) is 35.3 Å². The highest BCUT2D eigenvalue weighted by molar-refractivity contribution is 6.32. The third-order valence-electron chi connectivity index (χ3n) is 3.03. The number of alkyl halides is 3. The van der Waals surface area contributed by atoms with E-state index in [-0.39, 0.29) is 22.7 Å². The molecule has 1 heterocycles. The number of hydrogen-bond donors (Lipinski definition) is 2. The van der Waals surface area contributed by atoms with E-state index in [4.69, 9.17) is 28.3 Å². The summed E-state index contributed by atoms with van der Waals surface area (Å²) in [5.74, 6) is -2.10. The van der Waals surface area contributed by atoms with E-state index in [1.807, 2.05) is 0 Å². The van der Waals surface area contributed by atoms with Gasteiger partial charge in [-0.2, -0.15) is 8.78 Å². The zero-order valence-corrected chi connectivity index (χ0v) is 13.7. The number of halogens is 5. The van der Waals surface area contributed by atoms with Crippen molar-refractivity contribution in [2.24, 2.45) is 4.99 Å². The van der Waals surface area contributed by atoms with Gasteiger partial charge in [-0.1, -0.05) is 11.6 Å². The number of amidine groups is 1. The van der Waals surface area contributed by atoms with Crippen molar-refractivity contribution in [3.05, 3.63) is 28.5 Å². The lowest BCUT2D eigenvalue weighted by molar-refractivity contribution is -0.136. The number of anilines is 1. The van der Waals surface area contributed by atoms with Crippen molar-refractivity contribution in [1.29, 1.82) is 0 Å². The smallest absolute Gasteiger partial charge is 0.389 e. The number of rotatable bonds is 5. The number of aliphatic imine (C=N–C) groups is 1. The number of aliphatic carboxylic acids is 1. The molecule has 24 heavy (non-hydrogen) atoms. The van der Waals surface area contributed by atoms with Crippen molar-refractivity contribution < 1.29 is 27.8 Å². The van der Waals surface area contributed by atoms with Gasteiger partial charge in [-0.05, 0) is 24.6 Å². The first-order chi connectivity index (χ1) is 11.2. The number of nitrogens with zero attached hydrogens (tertiary/aromatic N) is 2. The Kier molecular flexibility index (Phi) is 5.79. The molecule has 2 rings (SSSR count). The maximum Gasteiger partial charge on any atom is 0.389 e. The second-order valence-electron chi connectivity index (χ2n) is 4.84. The van der Waals surface area contributed by atoms with E-state index in [2.05, 4.69) is 15.2 Å². The number of carboxylic acid groups (broad SMARTS) is 1. The van der Waals surface area contributed by atoms with Gasteiger partial charge in [-0.25, -0.2) is 19.8 Å². The first-order valence-corrected chi connectivity index (χ1v) is 7.44. The molecule has 0 spiro atoms. The van der Waals surface area contributed by atoms with Gasteiger partial charge in [0.05, 0.1) is 5.69 Å². The highest BCUT2D eigenvalue weighted by Crippen LogP contribution is 2.30. The van der Waals surface area contributed by atoms with Gasteiger partial charge in [0.15, 0.2) is 0 Å². The number of benzene rings is 1. The van der Waals surface area contributed by atoms with Crippen molar-refractivity contribution in [2.45, 2.75) is 31.5 Å². The van der Waals surface area contributed by atoms with Gasteiger partial charge in [0.1, 0.15) is 17.4 Å². The van der Waals surface area contributed by atoms with Crippen molar-refractivity contribution in [3.63, 3.8) is 0 Å². The first kappa shape index (κ1) is 18.6. The predicted octanol–water partition coefficient (Wildman–Crippen LogP) is 2.98. The molecule has 132 valence electrons. The number of hydrazine groups is 1. The van der Waals surface area contributed by atoms with E-state index in [0.29, 0.717) is 0 Å². The molecule has 6 nitrogen and oxygen atoms in total. The van der Waals surface area contributed by atoms with Crippen LogP contribution in [0, 0.1) is 5.82 Å². The fraction of sp³-hybridized carbons (Fsp3) is 0.385. The summed E-state index contributed by atoms with van der Waals surface area (Å²) in [6, 6.07) is 1.61. The molecule has 2 N–H and O–H groups in total. The molecule has 1 aliphatic rings. The SMILES string of the molecule is CC1N=C(OC(F)F)N(c2cc(CC(Cl)C(=O)O)c(Cl)cc2F)N1. The summed E-state index contributed by atoms with van der Waals surface area (Å²) < 4.78 is 43.4. The van der Waals surface area contributed by atoms with Crippen LogP contribution in [0.5, 0.6) is 0 Å². The van der Waals surface area contributed by atoms with E-state index < -0.39 is 36.0 Å². The van der Waals surface area contributed by atoms with Gasteiger partial charge in [-0.15, -0.1) is 11.6 Å². The molecule has 2 unspecified atom stereocenters. The molecular formula is C13H12Cl2F3N3O3. The molecule has 0 amide bonds. The Morgan fingerprint density at radius 3 is 2.79 bits per heavy atom. The molecular weight excluding hydrogens is 374 g/mol.